The number of benzene rings is 1. The van der Waals surface area contributed by atoms with Gasteiger partial charge in [0.25, 0.3) is 11.2 Å². The van der Waals surface area contributed by atoms with E-state index >= 15 is 0 Å². The molecule has 1 aliphatic carbocycles. The number of nitro benzene ring substituents is 1. The van der Waals surface area contributed by atoms with E-state index in [1.165, 1.54) is 40.8 Å². The standard InChI is InChI=1S/C20H21N3O4S2/c1-27-11-10-22-19(24)17-15-4-2-3-5-16(15)29-18(17)21-20(22)28-12-13-6-8-14(9-7-13)23(25)26/h6-9H,2-5,10-12H2,1H3. The number of hydrogen-bond acceptors (Lipinski definition) is 7. The van der Waals surface area contributed by atoms with Crippen LogP contribution in [0.5, 0.6) is 0 Å². The van der Waals surface area contributed by atoms with Crippen LogP contribution in [0.1, 0.15) is 28.8 Å². The van der Waals surface area contributed by atoms with Gasteiger partial charge in [0, 0.05) is 29.9 Å². The van der Waals surface area contributed by atoms with Crippen LogP contribution in [-0.4, -0.2) is 28.2 Å². The van der Waals surface area contributed by atoms with Gasteiger partial charge >= 0.3 is 0 Å². The summed E-state index contributed by atoms with van der Waals surface area (Å²) in [6, 6.07) is 6.48. The van der Waals surface area contributed by atoms with Crippen molar-refractivity contribution in [2.75, 3.05) is 13.7 Å². The number of thioether (sulfide) groups is 1. The topological polar surface area (TPSA) is 87.3 Å². The zero-order chi connectivity index (χ0) is 20.4. The first-order valence-electron chi connectivity index (χ1n) is 9.48. The zero-order valence-corrected chi connectivity index (χ0v) is 17.7. The van der Waals surface area contributed by atoms with E-state index in [2.05, 4.69) is 0 Å². The van der Waals surface area contributed by atoms with E-state index < -0.39 is 4.92 Å². The van der Waals surface area contributed by atoms with Crippen LogP contribution in [0.2, 0.25) is 0 Å². The number of aryl methyl sites for hydroxylation is 2. The van der Waals surface area contributed by atoms with Crippen LogP contribution in [0.25, 0.3) is 10.2 Å². The Morgan fingerprint density at radius 1 is 1.28 bits per heavy atom. The molecule has 0 bridgehead atoms. The summed E-state index contributed by atoms with van der Waals surface area (Å²) in [5, 5.41) is 12.3. The molecule has 0 unspecified atom stereocenters. The fourth-order valence-electron chi connectivity index (χ4n) is 3.57. The van der Waals surface area contributed by atoms with E-state index in [0.717, 1.165) is 35.0 Å². The van der Waals surface area contributed by atoms with Crippen LogP contribution in [-0.2, 0) is 29.9 Å². The second-order valence-electron chi connectivity index (χ2n) is 6.95. The molecule has 3 aromatic rings. The molecule has 7 nitrogen and oxygen atoms in total. The van der Waals surface area contributed by atoms with Crippen LogP contribution in [0.4, 0.5) is 5.69 Å². The molecule has 152 valence electrons. The van der Waals surface area contributed by atoms with Gasteiger partial charge in [0.15, 0.2) is 5.16 Å². The number of thiophene rings is 1. The molecular weight excluding hydrogens is 410 g/mol. The molecule has 9 heteroatoms. The lowest BCUT2D eigenvalue weighted by atomic mass is 9.97. The summed E-state index contributed by atoms with van der Waals surface area (Å²) < 4.78 is 6.91. The molecule has 0 saturated heterocycles. The van der Waals surface area contributed by atoms with Gasteiger partial charge in [-0.05, 0) is 36.8 Å². The highest BCUT2D eigenvalue weighted by Crippen LogP contribution is 2.35. The van der Waals surface area contributed by atoms with Crippen molar-refractivity contribution in [1.82, 2.24) is 9.55 Å². The molecule has 0 atom stereocenters. The van der Waals surface area contributed by atoms with Crippen LogP contribution in [0, 0.1) is 10.1 Å². The van der Waals surface area contributed by atoms with Crippen molar-refractivity contribution < 1.29 is 9.66 Å². The third-order valence-electron chi connectivity index (χ3n) is 5.07. The Kier molecular flexibility index (Phi) is 5.98. The molecule has 2 aromatic heterocycles. The highest BCUT2D eigenvalue weighted by Gasteiger charge is 2.22. The first-order valence-corrected chi connectivity index (χ1v) is 11.3. The van der Waals surface area contributed by atoms with E-state index in [4.69, 9.17) is 9.72 Å². The molecule has 0 N–H and O–H groups in total. The van der Waals surface area contributed by atoms with Crippen LogP contribution < -0.4 is 5.56 Å². The number of aromatic nitrogens is 2. The number of nitro groups is 1. The van der Waals surface area contributed by atoms with Crippen LogP contribution >= 0.6 is 23.1 Å². The fraction of sp³-hybridized carbons (Fsp3) is 0.400. The molecule has 0 amide bonds. The number of non-ortho nitro benzene ring substituents is 1. The normalized spacial score (nSPS) is 13.6. The first kappa shape index (κ1) is 20.1. The van der Waals surface area contributed by atoms with Gasteiger partial charge in [0.2, 0.25) is 0 Å². The molecule has 4 rings (SSSR count). The van der Waals surface area contributed by atoms with Crippen LogP contribution in [0.15, 0.2) is 34.2 Å². The molecule has 29 heavy (non-hydrogen) atoms. The van der Waals surface area contributed by atoms with Crippen molar-refractivity contribution in [3.8, 4) is 0 Å². The lowest BCUT2D eigenvalue weighted by molar-refractivity contribution is -0.384. The maximum atomic E-state index is 13.3. The van der Waals surface area contributed by atoms with Crippen molar-refractivity contribution in [3.63, 3.8) is 0 Å². The number of hydrogen-bond donors (Lipinski definition) is 0. The highest BCUT2D eigenvalue weighted by molar-refractivity contribution is 7.98. The SMILES string of the molecule is COCCn1c(SCc2ccc([N+](=O)[O-])cc2)nc2sc3c(c2c1=O)CCCC3. The highest BCUT2D eigenvalue weighted by atomic mass is 32.2. The largest absolute Gasteiger partial charge is 0.383 e. The summed E-state index contributed by atoms with van der Waals surface area (Å²) in [6.45, 7) is 0.885. The Morgan fingerprint density at radius 2 is 2.03 bits per heavy atom. The summed E-state index contributed by atoms with van der Waals surface area (Å²) in [5.41, 5.74) is 2.21. The second-order valence-corrected chi connectivity index (χ2v) is 8.97. The minimum atomic E-state index is -0.409. The minimum Gasteiger partial charge on any atom is -0.383 e. The molecule has 0 aliphatic heterocycles. The Balaban J connectivity index is 1.68. The van der Waals surface area contributed by atoms with E-state index in [1.807, 2.05) is 0 Å². The Labute approximate surface area is 175 Å². The lowest BCUT2D eigenvalue weighted by Gasteiger charge is -2.13. The molecule has 1 aromatic carbocycles. The maximum Gasteiger partial charge on any atom is 0.269 e. The van der Waals surface area contributed by atoms with Gasteiger partial charge in [-0.15, -0.1) is 11.3 Å². The molecule has 0 fully saturated rings. The predicted octanol–water partition coefficient (Wildman–Crippen LogP) is 4.18. The number of rotatable bonds is 7. The smallest absolute Gasteiger partial charge is 0.269 e. The minimum absolute atomic E-state index is 0.0117. The van der Waals surface area contributed by atoms with Crippen molar-refractivity contribution in [2.24, 2.45) is 0 Å². The third kappa shape index (κ3) is 4.08. The van der Waals surface area contributed by atoms with Crippen LogP contribution in [0.3, 0.4) is 0 Å². The number of ether oxygens (including phenoxy) is 1. The average molecular weight is 432 g/mol. The van der Waals surface area contributed by atoms with E-state index in [9.17, 15) is 14.9 Å². The molecule has 1 aliphatic rings. The Bertz CT molecular complexity index is 1110. The molecule has 0 spiro atoms. The van der Waals surface area contributed by atoms with Crippen molar-refractivity contribution >= 4 is 39.0 Å². The van der Waals surface area contributed by atoms with Gasteiger partial charge < -0.3 is 4.74 Å². The van der Waals surface area contributed by atoms with Gasteiger partial charge in [0.1, 0.15) is 4.83 Å². The average Bonchev–Trinajstić information content (AvgIpc) is 3.10. The summed E-state index contributed by atoms with van der Waals surface area (Å²) in [5.74, 6) is 0.577. The third-order valence-corrected chi connectivity index (χ3v) is 7.31. The monoisotopic (exact) mass is 431 g/mol. The van der Waals surface area contributed by atoms with Gasteiger partial charge in [0.05, 0.1) is 23.5 Å². The zero-order valence-electron chi connectivity index (χ0n) is 16.1. The van der Waals surface area contributed by atoms with Gasteiger partial charge in [-0.2, -0.15) is 0 Å². The van der Waals surface area contributed by atoms with Gasteiger partial charge in [-0.3, -0.25) is 19.5 Å². The van der Waals surface area contributed by atoms with E-state index in [-0.39, 0.29) is 11.2 Å². The van der Waals surface area contributed by atoms with Crippen molar-refractivity contribution in [3.05, 3.63) is 60.7 Å². The first-order chi connectivity index (χ1) is 14.1. The maximum absolute atomic E-state index is 13.3. The lowest BCUT2D eigenvalue weighted by Crippen LogP contribution is -2.25. The molecule has 0 radical (unpaired) electrons. The predicted molar refractivity (Wildman–Crippen MR) is 115 cm³/mol. The fourth-order valence-corrected chi connectivity index (χ4v) is 5.86. The van der Waals surface area contributed by atoms with Crippen molar-refractivity contribution in [2.45, 2.75) is 43.1 Å². The van der Waals surface area contributed by atoms with Gasteiger partial charge in [-0.25, -0.2) is 4.98 Å². The quantitative estimate of drug-likeness (QED) is 0.241. The number of nitrogens with zero attached hydrogens (tertiary/aromatic N) is 3. The molecule has 2 heterocycles. The second kappa shape index (κ2) is 8.64. The Hall–Kier alpha value is -2.23. The van der Waals surface area contributed by atoms with E-state index in [1.54, 1.807) is 35.1 Å². The van der Waals surface area contributed by atoms with Crippen molar-refractivity contribution in [1.29, 1.82) is 0 Å². The summed E-state index contributed by atoms with van der Waals surface area (Å²) >= 11 is 3.12. The van der Waals surface area contributed by atoms with E-state index in [0.29, 0.717) is 24.1 Å². The Morgan fingerprint density at radius 3 is 2.76 bits per heavy atom. The summed E-state index contributed by atoms with van der Waals surface area (Å²) in [6.07, 6.45) is 4.26. The number of fused-ring (bicyclic) bond motifs is 3. The van der Waals surface area contributed by atoms with Gasteiger partial charge in [-0.1, -0.05) is 23.9 Å². The molecule has 0 saturated carbocycles. The summed E-state index contributed by atoms with van der Waals surface area (Å²) in [7, 11) is 1.62. The number of methoxy groups -OCH3 is 1. The summed E-state index contributed by atoms with van der Waals surface area (Å²) in [4.78, 5) is 30.7. The molecular formula is C20H21N3O4S2.